The molecule has 0 spiro atoms. The van der Waals surface area contributed by atoms with Gasteiger partial charge >= 0.3 is 0 Å². The number of hydrogen-bond acceptors (Lipinski definition) is 2. The first-order valence-corrected chi connectivity index (χ1v) is 21.6. The molecule has 0 fully saturated rings. The molecule has 1 aromatic heterocycles. The summed E-state index contributed by atoms with van der Waals surface area (Å²) in [5.41, 5.74) is 12.5. The molecule has 11 aromatic carbocycles. The maximum atomic E-state index is 2.42. The molecule has 0 saturated carbocycles. The zero-order valence-corrected chi connectivity index (χ0v) is 34.5. The lowest BCUT2D eigenvalue weighted by molar-refractivity contribution is 1.18. The molecule has 0 aliphatic carbocycles. The summed E-state index contributed by atoms with van der Waals surface area (Å²) < 4.78 is 2.39. The average molecular weight is 804 g/mol. The minimum Gasteiger partial charge on any atom is -0.310 e. The van der Waals surface area contributed by atoms with Crippen LogP contribution in [0.15, 0.2) is 249 Å². The van der Waals surface area contributed by atoms with E-state index in [1.165, 1.54) is 59.7 Å². The molecule has 0 aliphatic heterocycles. The van der Waals surface area contributed by atoms with Crippen molar-refractivity contribution >= 4 is 88.2 Å². The first-order chi connectivity index (χ1) is 31.2. The molecule has 296 valence electrons. The molecular formula is C60H41N3. The molecule has 0 saturated heterocycles. The zero-order chi connectivity index (χ0) is 41.7. The minimum atomic E-state index is 1.09. The SMILES string of the molecule is c1ccc(N(c2ccc(-c3ccc(N(c4ccc5ccccc5c4)c4ccc5ccccc5c4)c4ccccc34)cc2)c2ccc3c4ccccc4n(-c4ccccc4)c3c2)cc1. The number of para-hydroxylation sites is 3. The lowest BCUT2D eigenvalue weighted by atomic mass is 9.95. The van der Waals surface area contributed by atoms with Gasteiger partial charge in [-0.2, -0.15) is 0 Å². The van der Waals surface area contributed by atoms with Crippen LogP contribution < -0.4 is 9.80 Å². The van der Waals surface area contributed by atoms with Gasteiger partial charge in [-0.1, -0.05) is 164 Å². The highest BCUT2D eigenvalue weighted by molar-refractivity contribution is 6.11. The third-order valence-corrected chi connectivity index (χ3v) is 12.5. The van der Waals surface area contributed by atoms with Gasteiger partial charge in [0.05, 0.1) is 16.7 Å². The fourth-order valence-electron chi connectivity index (χ4n) is 9.56. The monoisotopic (exact) mass is 803 g/mol. The topological polar surface area (TPSA) is 11.4 Å². The maximum Gasteiger partial charge on any atom is 0.0561 e. The molecule has 0 bridgehead atoms. The number of hydrogen-bond donors (Lipinski definition) is 0. The molecule has 0 aliphatic rings. The third-order valence-electron chi connectivity index (χ3n) is 12.5. The Labute approximate surface area is 366 Å². The predicted molar refractivity (Wildman–Crippen MR) is 268 cm³/mol. The number of fused-ring (bicyclic) bond motifs is 6. The van der Waals surface area contributed by atoms with E-state index in [4.69, 9.17) is 0 Å². The highest BCUT2D eigenvalue weighted by atomic mass is 15.1. The van der Waals surface area contributed by atoms with E-state index in [1.807, 2.05) is 0 Å². The second-order valence-electron chi connectivity index (χ2n) is 16.2. The van der Waals surface area contributed by atoms with Gasteiger partial charge in [-0.25, -0.2) is 0 Å². The van der Waals surface area contributed by atoms with E-state index >= 15 is 0 Å². The Hall–Kier alpha value is -8.40. The van der Waals surface area contributed by atoms with Crippen LogP contribution in [0.4, 0.5) is 34.1 Å². The second-order valence-corrected chi connectivity index (χ2v) is 16.2. The van der Waals surface area contributed by atoms with Gasteiger partial charge in [0.2, 0.25) is 0 Å². The Morgan fingerprint density at radius 1 is 0.270 bits per heavy atom. The predicted octanol–water partition coefficient (Wildman–Crippen LogP) is 16.8. The Morgan fingerprint density at radius 2 is 0.762 bits per heavy atom. The molecule has 1 heterocycles. The van der Waals surface area contributed by atoms with Crippen molar-refractivity contribution in [3.8, 4) is 16.8 Å². The molecule has 0 unspecified atom stereocenters. The van der Waals surface area contributed by atoms with Crippen LogP contribution in [0.3, 0.4) is 0 Å². The van der Waals surface area contributed by atoms with Crippen LogP contribution in [0, 0.1) is 0 Å². The van der Waals surface area contributed by atoms with Crippen LogP contribution >= 0.6 is 0 Å². The van der Waals surface area contributed by atoms with E-state index in [9.17, 15) is 0 Å². The van der Waals surface area contributed by atoms with Crippen molar-refractivity contribution < 1.29 is 0 Å². The Bertz CT molecular complexity index is 3550. The summed E-state index contributed by atoms with van der Waals surface area (Å²) in [4.78, 5) is 4.78. The smallest absolute Gasteiger partial charge is 0.0561 e. The van der Waals surface area contributed by atoms with E-state index in [0.29, 0.717) is 0 Å². The maximum absolute atomic E-state index is 2.42. The minimum absolute atomic E-state index is 1.09. The van der Waals surface area contributed by atoms with E-state index in [2.05, 4.69) is 263 Å². The van der Waals surface area contributed by atoms with Gasteiger partial charge in [0.15, 0.2) is 0 Å². The summed E-state index contributed by atoms with van der Waals surface area (Å²) in [7, 11) is 0. The number of aromatic nitrogens is 1. The van der Waals surface area contributed by atoms with Gasteiger partial charge in [-0.15, -0.1) is 0 Å². The highest BCUT2D eigenvalue weighted by Gasteiger charge is 2.20. The third kappa shape index (κ3) is 6.38. The van der Waals surface area contributed by atoms with Crippen molar-refractivity contribution in [1.29, 1.82) is 0 Å². The van der Waals surface area contributed by atoms with E-state index < -0.39 is 0 Å². The Kier molecular flexibility index (Phi) is 8.83. The van der Waals surface area contributed by atoms with Crippen molar-refractivity contribution in [3.05, 3.63) is 249 Å². The molecule has 0 N–H and O–H groups in total. The first kappa shape index (κ1) is 36.5. The van der Waals surface area contributed by atoms with E-state index in [0.717, 1.165) is 45.4 Å². The van der Waals surface area contributed by atoms with Crippen LogP contribution in [0.5, 0.6) is 0 Å². The first-order valence-electron chi connectivity index (χ1n) is 21.6. The standard InChI is InChI=1S/C60H41N3/c1-3-19-47(20-4-1)61(52-35-36-57-56-25-13-14-26-58(56)63(60(57)41-52)48-21-5-2-6-22-48)49-31-29-44(30-32-49)53-37-38-59(55-24-12-11-23-54(53)55)62(50-33-27-42-15-7-9-17-45(42)39-50)51-34-28-43-16-8-10-18-46(43)40-51/h1-41H. The van der Waals surface area contributed by atoms with Crippen molar-refractivity contribution in [2.75, 3.05) is 9.80 Å². The number of rotatable bonds is 8. The molecule has 0 radical (unpaired) electrons. The Balaban J connectivity index is 0.977. The van der Waals surface area contributed by atoms with Crippen LogP contribution in [-0.4, -0.2) is 4.57 Å². The molecular weight excluding hydrogens is 763 g/mol. The normalized spacial score (nSPS) is 11.5. The highest BCUT2D eigenvalue weighted by Crippen LogP contribution is 2.45. The largest absolute Gasteiger partial charge is 0.310 e. The van der Waals surface area contributed by atoms with Gasteiger partial charge in [-0.05, 0) is 123 Å². The summed E-state index contributed by atoms with van der Waals surface area (Å²) in [6.45, 7) is 0. The summed E-state index contributed by atoms with van der Waals surface area (Å²) in [5, 5.41) is 9.75. The summed E-state index contributed by atoms with van der Waals surface area (Å²) in [6.07, 6.45) is 0. The number of benzene rings is 11. The van der Waals surface area contributed by atoms with Gasteiger partial charge < -0.3 is 14.4 Å². The van der Waals surface area contributed by atoms with Crippen LogP contribution in [0.1, 0.15) is 0 Å². The Morgan fingerprint density at radius 3 is 1.44 bits per heavy atom. The van der Waals surface area contributed by atoms with Crippen LogP contribution in [0.25, 0.3) is 70.9 Å². The van der Waals surface area contributed by atoms with Crippen LogP contribution in [0.2, 0.25) is 0 Å². The van der Waals surface area contributed by atoms with Gasteiger partial charge in [0, 0.05) is 50.3 Å². The second kappa shape index (κ2) is 15.3. The quantitative estimate of drug-likeness (QED) is 0.152. The molecule has 0 atom stereocenters. The fourth-order valence-corrected chi connectivity index (χ4v) is 9.56. The zero-order valence-electron chi connectivity index (χ0n) is 34.5. The fraction of sp³-hybridized carbons (Fsp3) is 0. The van der Waals surface area contributed by atoms with E-state index in [-0.39, 0.29) is 0 Å². The molecule has 12 rings (SSSR count). The van der Waals surface area contributed by atoms with E-state index in [1.54, 1.807) is 0 Å². The summed E-state index contributed by atoms with van der Waals surface area (Å²) in [6, 6.07) is 90.2. The molecule has 12 aromatic rings. The van der Waals surface area contributed by atoms with Gasteiger partial charge in [0.1, 0.15) is 0 Å². The number of nitrogens with zero attached hydrogens (tertiary/aromatic N) is 3. The van der Waals surface area contributed by atoms with Crippen molar-refractivity contribution in [2.45, 2.75) is 0 Å². The van der Waals surface area contributed by atoms with Gasteiger partial charge in [-0.3, -0.25) is 0 Å². The molecule has 3 nitrogen and oxygen atoms in total. The number of anilines is 6. The van der Waals surface area contributed by atoms with Crippen molar-refractivity contribution in [1.82, 2.24) is 4.57 Å². The van der Waals surface area contributed by atoms with Crippen molar-refractivity contribution in [3.63, 3.8) is 0 Å². The summed E-state index contributed by atoms with van der Waals surface area (Å²) in [5.74, 6) is 0. The molecule has 3 heteroatoms. The van der Waals surface area contributed by atoms with Crippen LogP contribution in [-0.2, 0) is 0 Å². The molecule has 63 heavy (non-hydrogen) atoms. The lowest BCUT2D eigenvalue weighted by Crippen LogP contribution is -2.11. The molecule has 0 amide bonds. The van der Waals surface area contributed by atoms with Crippen molar-refractivity contribution in [2.24, 2.45) is 0 Å². The average Bonchev–Trinajstić information content (AvgIpc) is 3.69. The summed E-state index contributed by atoms with van der Waals surface area (Å²) >= 11 is 0. The lowest BCUT2D eigenvalue weighted by Gasteiger charge is -2.28. The van der Waals surface area contributed by atoms with Gasteiger partial charge in [0.25, 0.3) is 0 Å².